The zero-order chi connectivity index (χ0) is 17.5. The molecule has 1 amide bonds. The van der Waals surface area contributed by atoms with Crippen LogP contribution in [0.5, 0.6) is 0 Å². The van der Waals surface area contributed by atoms with E-state index >= 15 is 0 Å². The van der Waals surface area contributed by atoms with Crippen LogP contribution < -0.4 is 16.0 Å². The van der Waals surface area contributed by atoms with Crippen LogP contribution in [0.2, 0.25) is 0 Å². The summed E-state index contributed by atoms with van der Waals surface area (Å²) in [5.41, 5.74) is 2.91. The molecule has 0 fully saturated rings. The Bertz CT molecular complexity index is 744. The zero-order valence-electron chi connectivity index (χ0n) is 14.8. The molecule has 0 bridgehead atoms. The first-order valence-electron chi connectivity index (χ1n) is 7.72. The van der Waals surface area contributed by atoms with Crippen LogP contribution in [0.3, 0.4) is 0 Å². The van der Waals surface area contributed by atoms with Gasteiger partial charge in [0, 0.05) is 31.1 Å². The van der Waals surface area contributed by atoms with Gasteiger partial charge in [-0.3, -0.25) is 9.79 Å². The molecule has 0 spiro atoms. The number of carbonyl (C=O) groups is 1. The molecule has 25 heavy (non-hydrogen) atoms. The number of aliphatic imine (C=N–C) groups is 1. The highest BCUT2D eigenvalue weighted by atomic mass is 127. The number of hydrogen-bond acceptors (Lipinski definition) is 4. The Balaban J connectivity index is 0.00000312. The van der Waals surface area contributed by atoms with Gasteiger partial charge in [-0.15, -0.1) is 35.3 Å². The number of nitrogens with zero attached hydrogens (tertiary/aromatic N) is 2. The van der Waals surface area contributed by atoms with Crippen LogP contribution in [0.15, 0.2) is 29.3 Å². The topological polar surface area (TPSA) is 78.4 Å². The van der Waals surface area contributed by atoms with E-state index in [0.29, 0.717) is 13.1 Å². The first-order valence-corrected chi connectivity index (χ1v) is 8.53. The van der Waals surface area contributed by atoms with Crippen molar-refractivity contribution in [3.8, 4) is 0 Å². The number of nitrogens with one attached hydrogen (secondary N) is 3. The van der Waals surface area contributed by atoms with Gasteiger partial charge >= 0.3 is 0 Å². The monoisotopic (exact) mass is 473 g/mol. The molecule has 1 heterocycles. The number of hydrogen-bond donors (Lipinski definition) is 3. The number of rotatable bonds is 5. The Morgan fingerprint density at radius 3 is 2.56 bits per heavy atom. The molecule has 0 aliphatic heterocycles. The van der Waals surface area contributed by atoms with E-state index in [9.17, 15) is 4.79 Å². The van der Waals surface area contributed by atoms with Crippen LogP contribution in [0.1, 0.15) is 28.1 Å². The van der Waals surface area contributed by atoms with Crippen molar-refractivity contribution < 1.29 is 4.79 Å². The number of anilines is 1. The smallest absolute Gasteiger partial charge is 0.221 e. The summed E-state index contributed by atoms with van der Waals surface area (Å²) in [5.74, 6) is 0.651. The lowest BCUT2D eigenvalue weighted by molar-refractivity contribution is -0.114. The maximum atomic E-state index is 11.1. The number of benzene rings is 1. The molecule has 0 unspecified atom stereocenters. The normalized spacial score (nSPS) is 10.8. The molecule has 1 aromatic carbocycles. The van der Waals surface area contributed by atoms with Crippen LogP contribution in [-0.4, -0.2) is 23.9 Å². The van der Waals surface area contributed by atoms with Crippen molar-refractivity contribution in [3.63, 3.8) is 0 Å². The third-order valence-electron chi connectivity index (χ3n) is 3.35. The maximum Gasteiger partial charge on any atom is 0.221 e. The Labute approximate surface area is 169 Å². The third kappa shape index (κ3) is 6.99. The van der Waals surface area contributed by atoms with Gasteiger partial charge in [-0.05, 0) is 31.5 Å². The first kappa shape index (κ1) is 21.4. The van der Waals surface area contributed by atoms with Gasteiger partial charge in [0.1, 0.15) is 0 Å². The van der Waals surface area contributed by atoms with Gasteiger partial charge in [0.2, 0.25) is 5.91 Å². The summed E-state index contributed by atoms with van der Waals surface area (Å²) in [5, 5.41) is 10.4. The summed E-state index contributed by atoms with van der Waals surface area (Å²) < 4.78 is 0. The van der Waals surface area contributed by atoms with E-state index in [4.69, 9.17) is 0 Å². The SMILES string of the molecule is CN=C(NCc1cccc(NC(C)=O)c1)NCc1sc(C)nc1C.I. The average Bonchev–Trinajstić information content (AvgIpc) is 2.85. The number of thiazole rings is 1. The van der Waals surface area contributed by atoms with Crippen LogP contribution in [0, 0.1) is 13.8 Å². The number of carbonyl (C=O) groups excluding carboxylic acids is 1. The summed E-state index contributed by atoms with van der Waals surface area (Å²) >= 11 is 1.69. The molecule has 1 aromatic heterocycles. The highest BCUT2D eigenvalue weighted by Gasteiger charge is 2.06. The fourth-order valence-corrected chi connectivity index (χ4v) is 3.15. The molecular weight excluding hydrogens is 449 g/mol. The van der Waals surface area contributed by atoms with Crippen LogP contribution in [-0.2, 0) is 17.9 Å². The van der Waals surface area contributed by atoms with Gasteiger partial charge in [-0.25, -0.2) is 4.98 Å². The minimum atomic E-state index is -0.0761. The Morgan fingerprint density at radius 1 is 1.24 bits per heavy atom. The molecule has 2 aromatic rings. The molecule has 0 radical (unpaired) electrons. The molecule has 0 saturated heterocycles. The largest absolute Gasteiger partial charge is 0.352 e. The lowest BCUT2D eigenvalue weighted by atomic mass is 10.2. The predicted molar refractivity (Wildman–Crippen MR) is 115 cm³/mol. The lowest BCUT2D eigenvalue weighted by Crippen LogP contribution is -2.36. The first-order chi connectivity index (χ1) is 11.5. The fourth-order valence-electron chi connectivity index (χ4n) is 2.27. The second-order valence-electron chi connectivity index (χ2n) is 5.40. The van der Waals surface area contributed by atoms with Crippen LogP contribution in [0.25, 0.3) is 0 Å². The second-order valence-corrected chi connectivity index (χ2v) is 6.69. The molecule has 3 N–H and O–H groups in total. The van der Waals surface area contributed by atoms with E-state index in [0.717, 1.165) is 27.9 Å². The standard InChI is InChI=1S/C17H23N5OS.HI/c1-11-16(24-13(3)21-11)10-20-17(18-4)19-9-14-6-5-7-15(8-14)22-12(2)23;/h5-8H,9-10H2,1-4H3,(H,22,23)(H2,18,19,20);1H. The Morgan fingerprint density at radius 2 is 1.96 bits per heavy atom. The summed E-state index contributed by atoms with van der Waals surface area (Å²) in [4.78, 5) is 21.0. The van der Waals surface area contributed by atoms with Crippen molar-refractivity contribution in [2.24, 2.45) is 4.99 Å². The van der Waals surface area contributed by atoms with E-state index in [2.05, 4.69) is 25.9 Å². The number of guanidine groups is 1. The Kier molecular flexibility index (Phi) is 8.84. The second kappa shape index (κ2) is 10.3. The summed E-state index contributed by atoms with van der Waals surface area (Å²) in [6.45, 7) is 6.84. The molecule has 0 aliphatic carbocycles. The van der Waals surface area contributed by atoms with Crippen molar-refractivity contribution in [2.45, 2.75) is 33.9 Å². The molecule has 136 valence electrons. The number of amides is 1. The molecule has 2 rings (SSSR count). The quantitative estimate of drug-likeness (QED) is 0.354. The number of aryl methyl sites for hydroxylation is 2. The van der Waals surface area contributed by atoms with E-state index in [1.807, 2.05) is 38.1 Å². The summed E-state index contributed by atoms with van der Waals surface area (Å²) in [6, 6.07) is 7.73. The fraction of sp³-hybridized carbons (Fsp3) is 0.353. The van der Waals surface area contributed by atoms with E-state index in [1.54, 1.807) is 18.4 Å². The summed E-state index contributed by atoms with van der Waals surface area (Å²) in [7, 11) is 1.74. The van der Waals surface area contributed by atoms with Gasteiger partial charge in [0.05, 0.1) is 17.2 Å². The minimum Gasteiger partial charge on any atom is -0.352 e. The van der Waals surface area contributed by atoms with E-state index in [1.165, 1.54) is 11.8 Å². The van der Waals surface area contributed by atoms with Gasteiger partial charge in [0.25, 0.3) is 0 Å². The zero-order valence-corrected chi connectivity index (χ0v) is 18.0. The Hall–Kier alpha value is -1.68. The molecule has 0 aliphatic rings. The van der Waals surface area contributed by atoms with Crippen molar-refractivity contribution >= 4 is 52.9 Å². The van der Waals surface area contributed by atoms with Crippen LogP contribution in [0.4, 0.5) is 5.69 Å². The molecule has 0 atom stereocenters. The average molecular weight is 473 g/mol. The number of halogens is 1. The lowest BCUT2D eigenvalue weighted by Gasteiger charge is -2.12. The number of aromatic nitrogens is 1. The molecule has 0 saturated carbocycles. The van der Waals surface area contributed by atoms with Crippen molar-refractivity contribution in [1.29, 1.82) is 0 Å². The molecule has 8 heteroatoms. The van der Waals surface area contributed by atoms with Gasteiger partial charge in [-0.2, -0.15) is 0 Å². The van der Waals surface area contributed by atoms with Crippen molar-refractivity contribution in [3.05, 3.63) is 45.4 Å². The van der Waals surface area contributed by atoms with Gasteiger partial charge < -0.3 is 16.0 Å². The van der Waals surface area contributed by atoms with Crippen LogP contribution >= 0.6 is 35.3 Å². The van der Waals surface area contributed by atoms with Gasteiger partial charge in [0.15, 0.2) is 5.96 Å². The van der Waals surface area contributed by atoms with Gasteiger partial charge in [-0.1, -0.05) is 12.1 Å². The predicted octanol–water partition coefficient (Wildman–Crippen LogP) is 3.20. The molecule has 6 nitrogen and oxygen atoms in total. The van der Waals surface area contributed by atoms with E-state index in [-0.39, 0.29) is 29.9 Å². The highest BCUT2D eigenvalue weighted by Crippen LogP contribution is 2.16. The summed E-state index contributed by atoms with van der Waals surface area (Å²) in [6.07, 6.45) is 0. The third-order valence-corrected chi connectivity index (χ3v) is 4.42. The van der Waals surface area contributed by atoms with Crippen molar-refractivity contribution in [1.82, 2.24) is 15.6 Å². The highest BCUT2D eigenvalue weighted by molar-refractivity contribution is 14.0. The maximum absolute atomic E-state index is 11.1. The minimum absolute atomic E-state index is 0. The van der Waals surface area contributed by atoms with E-state index < -0.39 is 0 Å². The molecular formula is C17H24IN5OS. The van der Waals surface area contributed by atoms with Crippen molar-refractivity contribution in [2.75, 3.05) is 12.4 Å².